The van der Waals surface area contributed by atoms with Gasteiger partial charge in [0.05, 0.1) is 5.97 Å². The first-order chi connectivity index (χ1) is 2.27. The van der Waals surface area contributed by atoms with Crippen LogP contribution in [0.5, 0.6) is 0 Å². The molecule has 0 aliphatic rings. The lowest BCUT2D eigenvalue weighted by Crippen LogP contribution is -2.17. The fourth-order valence-electron chi connectivity index (χ4n) is 0. The van der Waals surface area contributed by atoms with Crippen LogP contribution in [0.4, 0.5) is 0 Å². The molecule has 0 saturated heterocycles. The molecular weight excluding hydrogens is 82.0 g/mol. The third kappa shape index (κ3) is 10.9. The minimum absolute atomic E-state index is 0. The van der Waals surface area contributed by atoms with Crippen molar-refractivity contribution >= 4 is 5.97 Å². The zero-order valence-corrected chi connectivity index (χ0v) is 3.31. The lowest BCUT2D eigenvalue weighted by atomic mass is 10.7. The first-order valence-electron chi connectivity index (χ1n) is 1.11. The summed E-state index contributed by atoms with van der Waals surface area (Å²) < 4.78 is 0. The van der Waals surface area contributed by atoms with Crippen molar-refractivity contribution < 1.29 is 9.90 Å². The highest BCUT2D eigenvalue weighted by molar-refractivity contribution is 5.76. The highest BCUT2D eigenvalue weighted by Crippen LogP contribution is 1.47. The van der Waals surface area contributed by atoms with Gasteiger partial charge in [0, 0.05) is 0 Å². The van der Waals surface area contributed by atoms with E-state index < -0.39 is 5.97 Å². The molecule has 3 N–H and O–H groups in total. The van der Waals surface area contributed by atoms with Gasteiger partial charge in [-0.2, -0.15) is 0 Å². The van der Waals surface area contributed by atoms with Crippen LogP contribution in [0, 0.1) is 0 Å². The number of rotatable bonds is 1. The second kappa shape index (κ2) is 4.17. The van der Waals surface area contributed by atoms with Crippen LogP contribution in [-0.4, -0.2) is 5.97 Å². The molecule has 0 unspecified atom stereocenters. The van der Waals surface area contributed by atoms with Crippen molar-refractivity contribution in [1.29, 1.82) is 0 Å². The minimum Gasteiger partial charge on any atom is -0.545 e. The number of carboxylic acid groups (broad SMARTS) is 1. The van der Waals surface area contributed by atoms with Gasteiger partial charge in [0.25, 0.3) is 0 Å². The maximum Gasteiger partial charge on any atom is 0.0636 e. The van der Waals surface area contributed by atoms with Gasteiger partial charge in [-0.3, -0.25) is 0 Å². The van der Waals surface area contributed by atoms with Crippen LogP contribution in [0.15, 0.2) is 12.7 Å². The summed E-state index contributed by atoms with van der Waals surface area (Å²) in [7, 11) is 0. The molecule has 0 radical (unpaired) electrons. The Bertz CT molecular complexity index is 59.8. The molecule has 0 saturated carbocycles. The normalized spacial score (nSPS) is 5.33. The first-order valence-corrected chi connectivity index (χ1v) is 1.11. The van der Waals surface area contributed by atoms with E-state index in [0.717, 1.165) is 6.08 Å². The fraction of sp³-hybridized carbons (Fsp3) is 0. The first kappa shape index (κ1) is 8.95. The van der Waals surface area contributed by atoms with Crippen LogP contribution >= 0.6 is 0 Å². The molecule has 6 heavy (non-hydrogen) atoms. The van der Waals surface area contributed by atoms with E-state index in [1.54, 1.807) is 0 Å². The second-order valence-corrected chi connectivity index (χ2v) is 0.523. The van der Waals surface area contributed by atoms with Gasteiger partial charge < -0.3 is 16.1 Å². The molecule has 0 heterocycles. The molecule has 0 fully saturated rings. The number of hydrogen-bond acceptors (Lipinski definition) is 3. The van der Waals surface area contributed by atoms with E-state index in [1.807, 2.05) is 0 Å². The van der Waals surface area contributed by atoms with Crippen LogP contribution < -0.4 is 11.3 Å². The monoisotopic (exact) mass is 88.0 g/mol. The molecule has 0 aromatic heterocycles. The van der Waals surface area contributed by atoms with E-state index in [9.17, 15) is 0 Å². The molecule has 0 spiro atoms. The summed E-state index contributed by atoms with van der Waals surface area (Å²) in [6.07, 6.45) is 0.722. The second-order valence-electron chi connectivity index (χ2n) is 0.523. The highest BCUT2D eigenvalue weighted by Gasteiger charge is 1.55. The van der Waals surface area contributed by atoms with Crippen LogP contribution in [0.25, 0.3) is 0 Å². The van der Waals surface area contributed by atoms with Gasteiger partial charge >= 0.3 is 0 Å². The van der Waals surface area contributed by atoms with E-state index in [2.05, 4.69) is 6.58 Å². The predicted octanol–water partition coefficient (Wildman–Crippen LogP) is -0.916. The number of hydrogen-bond donors (Lipinski definition) is 1. The minimum atomic E-state index is -1.23. The Labute approximate surface area is 35.9 Å². The molecule has 0 rings (SSSR count). The molecule has 36 valence electrons. The third-order valence-corrected chi connectivity index (χ3v) is 0.167. The maximum atomic E-state index is 9.14. The largest absolute Gasteiger partial charge is 0.545 e. The summed E-state index contributed by atoms with van der Waals surface area (Å²) in [5.74, 6) is -1.23. The van der Waals surface area contributed by atoms with E-state index in [-0.39, 0.29) is 6.15 Å². The Hall–Kier alpha value is -0.830. The van der Waals surface area contributed by atoms with Crippen molar-refractivity contribution in [3.05, 3.63) is 12.7 Å². The van der Waals surface area contributed by atoms with Crippen LogP contribution in [-0.2, 0) is 4.79 Å². The van der Waals surface area contributed by atoms with Crippen molar-refractivity contribution in [3.8, 4) is 0 Å². The van der Waals surface area contributed by atoms with Crippen LogP contribution in [0.1, 0.15) is 0 Å². The van der Waals surface area contributed by atoms with Crippen molar-refractivity contribution in [1.82, 2.24) is 6.15 Å². The third-order valence-electron chi connectivity index (χ3n) is 0.167. The molecular formula is C3H6NO2-. The van der Waals surface area contributed by atoms with Gasteiger partial charge in [-0.1, -0.05) is 6.58 Å². The van der Waals surface area contributed by atoms with Gasteiger partial charge in [0.15, 0.2) is 0 Å². The quantitative estimate of drug-likeness (QED) is 0.421. The topological polar surface area (TPSA) is 75.1 Å². The molecule has 0 aromatic carbocycles. The van der Waals surface area contributed by atoms with E-state index in [1.165, 1.54) is 0 Å². The summed E-state index contributed by atoms with van der Waals surface area (Å²) in [5, 5.41) is 9.14. The standard InChI is InChI=1S/C3H4O2.H3N/c1-2-3(4)5;/h2H,1H2,(H,4,5);1H3/p-1. The lowest BCUT2D eigenvalue weighted by Gasteiger charge is -1.81. The molecule has 3 nitrogen and oxygen atoms in total. The zero-order valence-electron chi connectivity index (χ0n) is 3.31. The van der Waals surface area contributed by atoms with Crippen LogP contribution in [0.3, 0.4) is 0 Å². The molecule has 0 amide bonds. The van der Waals surface area contributed by atoms with E-state index in [4.69, 9.17) is 9.90 Å². The molecule has 0 aromatic rings. The van der Waals surface area contributed by atoms with Gasteiger partial charge in [-0.05, 0) is 6.08 Å². The summed E-state index contributed by atoms with van der Waals surface area (Å²) >= 11 is 0. The SMILES string of the molecule is C=CC(=O)[O-].N. The number of carboxylic acids is 1. The Morgan fingerprint density at radius 3 is 2.00 bits per heavy atom. The number of carbonyl (C=O) groups is 1. The zero-order chi connectivity index (χ0) is 4.28. The average Bonchev–Trinajstić information content (AvgIpc) is 1.38. The summed E-state index contributed by atoms with van der Waals surface area (Å²) in [5.41, 5.74) is 0. The van der Waals surface area contributed by atoms with Crippen molar-refractivity contribution in [2.45, 2.75) is 0 Å². The summed E-state index contributed by atoms with van der Waals surface area (Å²) in [6.45, 7) is 2.90. The van der Waals surface area contributed by atoms with Gasteiger partial charge in [-0.25, -0.2) is 0 Å². The molecule has 0 aliphatic carbocycles. The average molecular weight is 88.1 g/mol. The van der Waals surface area contributed by atoms with Gasteiger partial charge in [-0.15, -0.1) is 0 Å². The van der Waals surface area contributed by atoms with Crippen molar-refractivity contribution in [2.24, 2.45) is 0 Å². The Morgan fingerprint density at radius 2 is 2.00 bits per heavy atom. The molecule has 0 bridgehead atoms. The molecule has 3 heteroatoms. The predicted molar refractivity (Wildman–Crippen MR) is 20.2 cm³/mol. The van der Waals surface area contributed by atoms with Gasteiger partial charge in [0.2, 0.25) is 0 Å². The van der Waals surface area contributed by atoms with Crippen LogP contribution in [0.2, 0.25) is 0 Å². The number of aliphatic carboxylic acids is 1. The van der Waals surface area contributed by atoms with Crippen molar-refractivity contribution in [3.63, 3.8) is 0 Å². The smallest absolute Gasteiger partial charge is 0.0636 e. The molecule has 0 atom stereocenters. The lowest BCUT2D eigenvalue weighted by molar-refractivity contribution is -0.297. The highest BCUT2D eigenvalue weighted by atomic mass is 16.4. The Kier molecular flexibility index (Phi) is 6.22. The maximum absolute atomic E-state index is 9.14. The van der Waals surface area contributed by atoms with E-state index in [0.29, 0.717) is 0 Å². The van der Waals surface area contributed by atoms with E-state index >= 15 is 0 Å². The number of carbonyl (C=O) groups excluding carboxylic acids is 1. The molecule has 0 aliphatic heterocycles. The van der Waals surface area contributed by atoms with Gasteiger partial charge in [0.1, 0.15) is 0 Å². The Balaban J connectivity index is 0. The fourth-order valence-corrected chi connectivity index (χ4v) is 0. The Morgan fingerprint density at radius 1 is 1.83 bits per heavy atom. The van der Waals surface area contributed by atoms with Crippen molar-refractivity contribution in [2.75, 3.05) is 0 Å². The summed E-state index contributed by atoms with van der Waals surface area (Å²) in [4.78, 5) is 9.14. The summed E-state index contributed by atoms with van der Waals surface area (Å²) in [6, 6.07) is 0.